The first kappa shape index (κ1) is 10.4. The van der Waals surface area contributed by atoms with E-state index in [-0.39, 0.29) is 0 Å². The largest absolute Gasteiger partial charge is 0.497 e. The van der Waals surface area contributed by atoms with E-state index in [9.17, 15) is 4.79 Å². The van der Waals surface area contributed by atoms with Gasteiger partial charge in [-0.2, -0.15) is 0 Å². The molecule has 0 saturated heterocycles. The molecule has 2 heterocycles. The van der Waals surface area contributed by atoms with Crippen molar-refractivity contribution in [2.24, 2.45) is 0 Å². The summed E-state index contributed by atoms with van der Waals surface area (Å²) >= 11 is 0. The van der Waals surface area contributed by atoms with Crippen LogP contribution in [0.4, 0.5) is 0 Å². The number of carbonyl (C=O) groups excluding carboxylic acids is 1. The van der Waals surface area contributed by atoms with Crippen molar-refractivity contribution in [2.45, 2.75) is 13.1 Å². The molecule has 4 heteroatoms. The predicted octanol–water partition coefficient (Wildman–Crippen LogP) is 1.57. The second-order valence-corrected chi connectivity index (χ2v) is 4.19. The first-order valence-corrected chi connectivity index (χ1v) is 5.70. The monoisotopic (exact) mass is 230 g/mol. The van der Waals surface area contributed by atoms with Gasteiger partial charge in [0, 0.05) is 42.3 Å². The Balaban J connectivity index is 2.34. The molecule has 4 nitrogen and oxygen atoms in total. The van der Waals surface area contributed by atoms with Crippen LogP contribution in [0.1, 0.15) is 16.1 Å². The summed E-state index contributed by atoms with van der Waals surface area (Å²) in [6.45, 7) is 2.59. The standard InChI is InChI=1S/C13H14N2O2/c1-17-9-2-3-10-11(8-16)13-7-14-4-5-15(13)12(10)6-9/h2-3,6,8,14H,4-5,7H2,1H3. The lowest BCUT2D eigenvalue weighted by atomic mass is 10.1. The van der Waals surface area contributed by atoms with Crippen LogP contribution < -0.4 is 10.1 Å². The van der Waals surface area contributed by atoms with Gasteiger partial charge in [-0.3, -0.25) is 4.79 Å². The fourth-order valence-electron chi connectivity index (χ4n) is 2.51. The van der Waals surface area contributed by atoms with E-state index >= 15 is 0 Å². The lowest BCUT2D eigenvalue weighted by molar-refractivity contribution is 0.112. The van der Waals surface area contributed by atoms with Crippen molar-refractivity contribution >= 4 is 17.2 Å². The number of aldehydes is 1. The molecule has 0 atom stereocenters. The Kier molecular flexibility index (Phi) is 2.37. The third kappa shape index (κ3) is 1.45. The second kappa shape index (κ2) is 3.89. The number of benzene rings is 1. The third-order valence-corrected chi connectivity index (χ3v) is 3.35. The number of hydrogen-bond donors (Lipinski definition) is 1. The molecule has 0 saturated carbocycles. The Labute approximate surface area is 99.2 Å². The van der Waals surface area contributed by atoms with Crippen molar-refractivity contribution in [3.8, 4) is 5.75 Å². The van der Waals surface area contributed by atoms with Crippen LogP contribution in [0.3, 0.4) is 0 Å². The summed E-state index contributed by atoms with van der Waals surface area (Å²) in [6.07, 6.45) is 0.952. The fourth-order valence-corrected chi connectivity index (χ4v) is 2.51. The predicted molar refractivity (Wildman–Crippen MR) is 65.6 cm³/mol. The number of nitrogens with one attached hydrogen (secondary N) is 1. The molecule has 0 spiro atoms. The normalized spacial score (nSPS) is 14.6. The number of nitrogens with zero attached hydrogens (tertiary/aromatic N) is 1. The highest BCUT2D eigenvalue weighted by atomic mass is 16.5. The van der Waals surface area contributed by atoms with Crippen LogP contribution in [0.25, 0.3) is 10.9 Å². The van der Waals surface area contributed by atoms with Crippen LogP contribution >= 0.6 is 0 Å². The van der Waals surface area contributed by atoms with Gasteiger partial charge in [0.15, 0.2) is 6.29 Å². The number of aromatic nitrogens is 1. The van der Waals surface area contributed by atoms with Crippen LogP contribution in [-0.2, 0) is 13.1 Å². The van der Waals surface area contributed by atoms with E-state index in [0.717, 1.165) is 53.8 Å². The molecular formula is C13H14N2O2. The molecule has 1 aliphatic rings. The van der Waals surface area contributed by atoms with Gasteiger partial charge in [0.1, 0.15) is 5.75 Å². The Morgan fingerprint density at radius 1 is 1.47 bits per heavy atom. The molecular weight excluding hydrogens is 216 g/mol. The maximum absolute atomic E-state index is 11.2. The molecule has 1 N–H and O–H groups in total. The van der Waals surface area contributed by atoms with Gasteiger partial charge in [-0.05, 0) is 12.1 Å². The van der Waals surface area contributed by atoms with E-state index in [1.165, 1.54) is 0 Å². The molecule has 17 heavy (non-hydrogen) atoms. The first-order valence-electron chi connectivity index (χ1n) is 5.70. The molecule has 3 rings (SSSR count). The summed E-state index contributed by atoms with van der Waals surface area (Å²) in [5.74, 6) is 0.828. The molecule has 1 aromatic carbocycles. The number of fused-ring (bicyclic) bond motifs is 3. The number of rotatable bonds is 2. The van der Waals surface area contributed by atoms with Gasteiger partial charge in [-0.25, -0.2) is 0 Å². The molecule has 0 aliphatic carbocycles. The van der Waals surface area contributed by atoms with Gasteiger partial charge >= 0.3 is 0 Å². The fraction of sp³-hybridized carbons (Fsp3) is 0.308. The van der Waals surface area contributed by atoms with E-state index in [2.05, 4.69) is 9.88 Å². The zero-order valence-corrected chi connectivity index (χ0v) is 9.69. The number of ether oxygens (including phenoxy) is 1. The summed E-state index contributed by atoms with van der Waals surface area (Å²) in [6, 6.07) is 5.86. The van der Waals surface area contributed by atoms with E-state index < -0.39 is 0 Å². The Bertz CT molecular complexity index is 587. The van der Waals surface area contributed by atoms with Gasteiger partial charge < -0.3 is 14.6 Å². The highest BCUT2D eigenvalue weighted by Gasteiger charge is 2.19. The van der Waals surface area contributed by atoms with E-state index in [4.69, 9.17) is 4.74 Å². The minimum atomic E-state index is 0.755. The van der Waals surface area contributed by atoms with Gasteiger partial charge in [0.05, 0.1) is 12.6 Å². The summed E-state index contributed by atoms with van der Waals surface area (Å²) in [4.78, 5) is 11.2. The Morgan fingerprint density at radius 2 is 2.35 bits per heavy atom. The molecule has 0 radical (unpaired) electrons. The van der Waals surface area contributed by atoms with Crippen molar-refractivity contribution in [3.63, 3.8) is 0 Å². The quantitative estimate of drug-likeness (QED) is 0.796. The third-order valence-electron chi connectivity index (χ3n) is 3.35. The molecule has 0 bridgehead atoms. The molecule has 88 valence electrons. The van der Waals surface area contributed by atoms with Gasteiger partial charge in [-0.1, -0.05) is 0 Å². The summed E-state index contributed by atoms with van der Waals surface area (Å²) in [5, 5.41) is 4.31. The number of carbonyl (C=O) groups is 1. The number of methoxy groups -OCH3 is 1. The van der Waals surface area contributed by atoms with E-state index in [1.54, 1.807) is 7.11 Å². The molecule has 1 aromatic heterocycles. The second-order valence-electron chi connectivity index (χ2n) is 4.19. The van der Waals surface area contributed by atoms with E-state index in [1.807, 2.05) is 18.2 Å². The molecule has 0 unspecified atom stereocenters. The minimum Gasteiger partial charge on any atom is -0.497 e. The molecule has 0 amide bonds. The smallest absolute Gasteiger partial charge is 0.152 e. The van der Waals surface area contributed by atoms with Crippen molar-refractivity contribution < 1.29 is 9.53 Å². The Morgan fingerprint density at radius 3 is 3.12 bits per heavy atom. The molecule has 1 aliphatic heterocycles. The minimum absolute atomic E-state index is 0.755. The lowest BCUT2D eigenvalue weighted by Gasteiger charge is -2.17. The van der Waals surface area contributed by atoms with Crippen molar-refractivity contribution in [1.82, 2.24) is 9.88 Å². The lowest BCUT2D eigenvalue weighted by Crippen LogP contribution is -2.28. The topological polar surface area (TPSA) is 43.3 Å². The highest BCUT2D eigenvalue weighted by molar-refractivity contribution is 6.00. The van der Waals surface area contributed by atoms with Gasteiger partial charge in [-0.15, -0.1) is 0 Å². The average Bonchev–Trinajstić information content (AvgIpc) is 2.71. The molecule has 2 aromatic rings. The average molecular weight is 230 g/mol. The van der Waals surface area contributed by atoms with Crippen molar-refractivity contribution in [3.05, 3.63) is 29.5 Å². The van der Waals surface area contributed by atoms with Crippen LogP contribution in [0.2, 0.25) is 0 Å². The summed E-state index contributed by atoms with van der Waals surface area (Å²) < 4.78 is 7.45. The SMILES string of the molecule is COc1ccc2c(C=O)c3n(c2c1)CCNC3. The maximum Gasteiger partial charge on any atom is 0.152 e. The maximum atomic E-state index is 11.2. The highest BCUT2D eigenvalue weighted by Crippen LogP contribution is 2.29. The summed E-state index contributed by atoms with van der Waals surface area (Å²) in [7, 11) is 1.66. The van der Waals surface area contributed by atoms with Gasteiger partial charge in [0.25, 0.3) is 0 Å². The van der Waals surface area contributed by atoms with Crippen LogP contribution in [0.5, 0.6) is 5.75 Å². The zero-order valence-electron chi connectivity index (χ0n) is 9.69. The van der Waals surface area contributed by atoms with Crippen LogP contribution in [-0.4, -0.2) is 24.5 Å². The summed E-state index contributed by atoms with van der Waals surface area (Å²) in [5.41, 5.74) is 2.97. The van der Waals surface area contributed by atoms with Gasteiger partial charge in [0.2, 0.25) is 0 Å². The van der Waals surface area contributed by atoms with Crippen molar-refractivity contribution in [1.29, 1.82) is 0 Å². The first-order chi connectivity index (χ1) is 8.35. The van der Waals surface area contributed by atoms with Crippen LogP contribution in [0, 0.1) is 0 Å². The Hall–Kier alpha value is -1.81. The van der Waals surface area contributed by atoms with Crippen molar-refractivity contribution in [2.75, 3.05) is 13.7 Å². The van der Waals surface area contributed by atoms with E-state index in [0.29, 0.717) is 0 Å². The zero-order chi connectivity index (χ0) is 11.8. The van der Waals surface area contributed by atoms with Crippen LogP contribution in [0.15, 0.2) is 18.2 Å². The number of hydrogen-bond acceptors (Lipinski definition) is 3. The molecule has 0 fully saturated rings.